The van der Waals surface area contributed by atoms with E-state index >= 15 is 0 Å². The Kier molecular flexibility index (Phi) is 4.29. The molecule has 0 spiro atoms. The van der Waals surface area contributed by atoms with E-state index in [-0.39, 0.29) is 6.10 Å². The second-order valence-electron chi connectivity index (χ2n) is 7.77. The first-order chi connectivity index (χ1) is 14.1. The van der Waals surface area contributed by atoms with Crippen molar-refractivity contribution in [3.05, 3.63) is 59.9 Å². The van der Waals surface area contributed by atoms with Crippen molar-refractivity contribution in [2.75, 3.05) is 6.61 Å². The summed E-state index contributed by atoms with van der Waals surface area (Å²) in [5.74, 6) is 0.986. The molecule has 1 saturated heterocycles. The molecule has 146 valence electrons. The summed E-state index contributed by atoms with van der Waals surface area (Å²) in [6.07, 6.45) is 8.44. The number of benzene rings is 1. The standard InChI is InChI=1S/C22H22N6O/c1-14-8-17(6-7-29-14)28-21(10-16-12-27(3)13-25-16)26-20-11-24-19-5-4-15(23-2)9-18(19)22(20)28/h4-5,9,11-14,17H,6-8,10H2,1,3H3/t14-,17-/m1/s1. The lowest BCUT2D eigenvalue weighted by Gasteiger charge is -2.30. The molecule has 0 unspecified atom stereocenters. The summed E-state index contributed by atoms with van der Waals surface area (Å²) in [7, 11) is 1.98. The fraction of sp³-hybridized carbons (Fsp3) is 0.364. The van der Waals surface area contributed by atoms with Crippen LogP contribution in [0.25, 0.3) is 26.8 Å². The van der Waals surface area contributed by atoms with E-state index in [9.17, 15) is 0 Å². The first-order valence-electron chi connectivity index (χ1n) is 9.88. The van der Waals surface area contributed by atoms with Gasteiger partial charge in [-0.05, 0) is 31.9 Å². The third kappa shape index (κ3) is 3.15. The number of rotatable bonds is 3. The number of ether oxygens (including phenoxy) is 1. The molecule has 0 saturated carbocycles. The van der Waals surface area contributed by atoms with Gasteiger partial charge in [0.25, 0.3) is 0 Å². The molecule has 4 heterocycles. The van der Waals surface area contributed by atoms with Crippen LogP contribution in [0.2, 0.25) is 0 Å². The molecule has 2 atom stereocenters. The lowest BCUT2D eigenvalue weighted by atomic mass is 10.0. The Hall–Kier alpha value is -3.24. The van der Waals surface area contributed by atoms with Crippen molar-refractivity contribution in [2.45, 2.75) is 38.3 Å². The average molecular weight is 386 g/mol. The Labute approximate surface area is 168 Å². The monoisotopic (exact) mass is 386 g/mol. The summed E-state index contributed by atoms with van der Waals surface area (Å²) >= 11 is 0. The normalized spacial score (nSPS) is 19.6. The molecule has 3 aromatic heterocycles. The molecule has 0 amide bonds. The average Bonchev–Trinajstić information content (AvgIpc) is 3.30. The minimum atomic E-state index is 0.209. The van der Waals surface area contributed by atoms with Crippen LogP contribution in [-0.4, -0.2) is 36.8 Å². The maximum Gasteiger partial charge on any atom is 0.188 e. The van der Waals surface area contributed by atoms with Crippen LogP contribution in [0.5, 0.6) is 0 Å². The van der Waals surface area contributed by atoms with Crippen LogP contribution in [0, 0.1) is 6.57 Å². The summed E-state index contributed by atoms with van der Waals surface area (Å²) in [6.45, 7) is 10.3. The molecule has 0 bridgehead atoms. The van der Waals surface area contributed by atoms with E-state index in [4.69, 9.17) is 16.3 Å². The number of imidazole rings is 2. The molecular weight excluding hydrogens is 364 g/mol. The molecule has 1 fully saturated rings. The number of aromatic nitrogens is 5. The molecule has 1 aliphatic heterocycles. The van der Waals surface area contributed by atoms with Gasteiger partial charge in [-0.1, -0.05) is 6.07 Å². The summed E-state index contributed by atoms with van der Waals surface area (Å²) in [5.41, 5.74) is 4.42. The van der Waals surface area contributed by atoms with Gasteiger partial charge in [0.2, 0.25) is 0 Å². The molecule has 0 radical (unpaired) electrons. The minimum absolute atomic E-state index is 0.209. The zero-order chi connectivity index (χ0) is 20.0. The Balaban J connectivity index is 1.75. The van der Waals surface area contributed by atoms with Crippen LogP contribution in [0.3, 0.4) is 0 Å². The van der Waals surface area contributed by atoms with E-state index in [1.165, 1.54) is 0 Å². The van der Waals surface area contributed by atoms with Crippen LogP contribution in [0.15, 0.2) is 36.9 Å². The highest BCUT2D eigenvalue weighted by atomic mass is 16.5. The van der Waals surface area contributed by atoms with Gasteiger partial charge in [0.15, 0.2) is 5.69 Å². The summed E-state index contributed by atoms with van der Waals surface area (Å²) in [5, 5.41) is 0.981. The van der Waals surface area contributed by atoms with Crippen molar-refractivity contribution < 1.29 is 4.74 Å². The highest BCUT2D eigenvalue weighted by molar-refractivity contribution is 6.03. The van der Waals surface area contributed by atoms with Crippen LogP contribution in [0.4, 0.5) is 5.69 Å². The van der Waals surface area contributed by atoms with E-state index < -0.39 is 0 Å². The molecule has 0 N–H and O–H groups in total. The zero-order valence-electron chi connectivity index (χ0n) is 16.5. The van der Waals surface area contributed by atoms with Crippen molar-refractivity contribution in [3.63, 3.8) is 0 Å². The molecule has 7 heteroatoms. The van der Waals surface area contributed by atoms with Crippen molar-refractivity contribution in [1.82, 2.24) is 24.1 Å². The summed E-state index contributed by atoms with van der Waals surface area (Å²) in [6, 6.07) is 5.97. The smallest absolute Gasteiger partial charge is 0.188 e. The Morgan fingerprint density at radius 3 is 2.93 bits per heavy atom. The lowest BCUT2D eigenvalue weighted by molar-refractivity contribution is 0.00631. The Bertz CT molecular complexity index is 1250. The van der Waals surface area contributed by atoms with Crippen LogP contribution in [0.1, 0.15) is 37.3 Å². The molecule has 1 aliphatic rings. The fourth-order valence-electron chi connectivity index (χ4n) is 4.33. The molecule has 0 aliphatic carbocycles. The summed E-state index contributed by atoms with van der Waals surface area (Å²) < 4.78 is 10.1. The van der Waals surface area contributed by atoms with Gasteiger partial charge >= 0.3 is 0 Å². The van der Waals surface area contributed by atoms with Crippen molar-refractivity contribution in [1.29, 1.82) is 0 Å². The molecule has 1 aromatic carbocycles. The van der Waals surface area contributed by atoms with Gasteiger partial charge < -0.3 is 13.9 Å². The molecule has 7 nitrogen and oxygen atoms in total. The number of nitrogens with zero attached hydrogens (tertiary/aromatic N) is 6. The quantitative estimate of drug-likeness (QED) is 0.495. The second kappa shape index (κ2) is 6.98. The third-order valence-electron chi connectivity index (χ3n) is 5.62. The van der Waals surface area contributed by atoms with E-state index in [1.807, 2.05) is 48.5 Å². The maximum absolute atomic E-state index is 7.41. The first kappa shape index (κ1) is 17.8. The molecule has 4 aromatic rings. The van der Waals surface area contributed by atoms with Gasteiger partial charge in [-0.15, -0.1) is 0 Å². The predicted octanol–water partition coefficient (Wildman–Crippen LogP) is 4.20. The highest BCUT2D eigenvalue weighted by Crippen LogP contribution is 2.35. The van der Waals surface area contributed by atoms with Crippen LogP contribution < -0.4 is 0 Å². The van der Waals surface area contributed by atoms with Crippen molar-refractivity contribution >= 4 is 27.6 Å². The van der Waals surface area contributed by atoms with Crippen molar-refractivity contribution in [2.24, 2.45) is 7.05 Å². The van der Waals surface area contributed by atoms with Crippen molar-refractivity contribution in [3.8, 4) is 0 Å². The topological polar surface area (TPSA) is 62.1 Å². The second-order valence-corrected chi connectivity index (χ2v) is 7.77. The number of aryl methyl sites for hydroxylation is 1. The van der Waals surface area contributed by atoms with Gasteiger partial charge in [-0.25, -0.2) is 14.8 Å². The highest BCUT2D eigenvalue weighted by Gasteiger charge is 2.26. The Morgan fingerprint density at radius 1 is 1.28 bits per heavy atom. The number of hydrogen-bond acceptors (Lipinski definition) is 4. The number of hydrogen-bond donors (Lipinski definition) is 0. The molecular formula is C22H22N6O. The van der Waals surface area contributed by atoms with Gasteiger partial charge in [-0.2, -0.15) is 0 Å². The first-order valence-corrected chi connectivity index (χ1v) is 9.88. The summed E-state index contributed by atoms with van der Waals surface area (Å²) in [4.78, 5) is 17.7. The van der Waals surface area contributed by atoms with Gasteiger partial charge in [0.05, 0.1) is 41.9 Å². The van der Waals surface area contributed by atoms with Crippen LogP contribution >= 0.6 is 0 Å². The van der Waals surface area contributed by atoms with E-state index in [0.717, 1.165) is 52.9 Å². The SMILES string of the molecule is [C-]#[N+]c1ccc2ncc3nc(Cc4cn(C)cn4)n([C@@H]4CCO[C@H](C)C4)c3c2c1. The molecule has 29 heavy (non-hydrogen) atoms. The third-order valence-corrected chi connectivity index (χ3v) is 5.62. The predicted molar refractivity (Wildman–Crippen MR) is 111 cm³/mol. The van der Waals surface area contributed by atoms with Gasteiger partial charge in [-0.3, -0.25) is 4.98 Å². The van der Waals surface area contributed by atoms with E-state index in [1.54, 1.807) is 0 Å². The van der Waals surface area contributed by atoms with Gasteiger partial charge in [0.1, 0.15) is 11.3 Å². The van der Waals surface area contributed by atoms with E-state index in [0.29, 0.717) is 18.2 Å². The lowest BCUT2D eigenvalue weighted by Crippen LogP contribution is -2.26. The minimum Gasteiger partial charge on any atom is -0.378 e. The Morgan fingerprint density at radius 2 is 2.17 bits per heavy atom. The van der Waals surface area contributed by atoms with Gasteiger partial charge in [0, 0.05) is 37.7 Å². The number of pyridine rings is 1. The largest absolute Gasteiger partial charge is 0.378 e. The molecule has 5 rings (SSSR count). The maximum atomic E-state index is 7.41. The number of fused-ring (bicyclic) bond motifs is 3. The van der Waals surface area contributed by atoms with E-state index in [2.05, 4.69) is 26.3 Å². The fourth-order valence-corrected chi connectivity index (χ4v) is 4.33. The van der Waals surface area contributed by atoms with Crippen LogP contribution in [-0.2, 0) is 18.2 Å². The zero-order valence-corrected chi connectivity index (χ0v) is 16.5.